The van der Waals surface area contributed by atoms with Gasteiger partial charge in [-0.05, 0) is 36.4 Å². The highest BCUT2D eigenvalue weighted by Crippen LogP contribution is 2.50. The lowest BCUT2D eigenvalue weighted by molar-refractivity contribution is -0.305. The first-order valence-corrected chi connectivity index (χ1v) is 31.0. The van der Waals surface area contributed by atoms with Crippen molar-refractivity contribution in [2.24, 2.45) is 0 Å². The van der Waals surface area contributed by atoms with E-state index < -0.39 is 145 Å². The third-order valence-corrected chi connectivity index (χ3v) is 15.3. The third kappa shape index (κ3) is 18.5. The van der Waals surface area contributed by atoms with Crippen LogP contribution in [0.5, 0.6) is 23.0 Å². The van der Waals surface area contributed by atoms with Crippen molar-refractivity contribution in [3.05, 3.63) is 191 Å². The summed E-state index contributed by atoms with van der Waals surface area (Å²) in [4.78, 5) is 118. The molecule has 2 saturated heterocycles. The molecule has 0 aromatic heterocycles. The number of esters is 8. The fourth-order valence-electron chi connectivity index (χ4n) is 10.6. The van der Waals surface area contributed by atoms with Crippen LogP contribution in [-0.2, 0) is 102 Å². The number of aliphatic hydroxyl groups is 1. The lowest BCUT2D eigenvalue weighted by atomic mass is 9.97. The van der Waals surface area contributed by atoms with Gasteiger partial charge >= 0.3 is 59.3 Å². The van der Waals surface area contributed by atoms with Gasteiger partial charge in [-0.25, -0.2) is 0 Å². The maximum Gasteiger partial charge on any atom is 0.305 e. The average molecular weight is 1410 g/mol. The van der Waals surface area contributed by atoms with Crippen molar-refractivity contribution in [1.82, 2.24) is 0 Å². The van der Waals surface area contributed by atoms with Gasteiger partial charge in [-0.2, -0.15) is 0 Å². The van der Waals surface area contributed by atoms with Gasteiger partial charge in [-0.1, -0.05) is 137 Å². The molecule has 512 valence electrons. The number of ether oxygens (including phenoxy) is 15. The summed E-state index contributed by atoms with van der Waals surface area (Å²) in [6, 6.07) is 47.8. The second-order valence-corrected chi connectivity index (χ2v) is 22.8. The Kier molecular flexibility index (Phi) is 24.8. The second-order valence-electron chi connectivity index (χ2n) is 21.9. The summed E-state index contributed by atoms with van der Waals surface area (Å²) in [5.74, 6) is -7.03. The van der Waals surface area contributed by atoms with E-state index in [0.717, 1.165) is 63.8 Å². The molecule has 27 heteroatoms. The summed E-state index contributed by atoms with van der Waals surface area (Å²) in [5.41, 5.74) is 3.79. The third-order valence-electron chi connectivity index (χ3n) is 14.6. The predicted molar refractivity (Wildman–Crippen MR) is 337 cm³/mol. The van der Waals surface area contributed by atoms with Gasteiger partial charge in [0.05, 0.1) is 0 Å². The largest absolute Gasteiger partial charge is 0.463 e. The Labute approximate surface area is 564 Å². The van der Waals surface area contributed by atoms with Crippen LogP contribution < -0.4 is 18.9 Å². The molecule has 0 radical (unpaired) electrons. The lowest BCUT2D eigenvalue weighted by Crippen LogP contribution is -2.63. The highest BCUT2D eigenvalue weighted by molar-refractivity contribution is 9.09. The van der Waals surface area contributed by atoms with Crippen LogP contribution in [0.4, 0.5) is 0 Å². The van der Waals surface area contributed by atoms with E-state index >= 15 is 0 Å². The van der Waals surface area contributed by atoms with Gasteiger partial charge in [-0.15, -0.1) is 0 Å². The van der Waals surface area contributed by atoms with Crippen molar-refractivity contribution >= 4 is 75.3 Å². The summed E-state index contributed by atoms with van der Waals surface area (Å²) in [6.45, 7) is 7.41. The first-order valence-electron chi connectivity index (χ1n) is 30.1. The zero-order chi connectivity index (χ0) is 70.1. The first-order chi connectivity index (χ1) is 46.3. The van der Waals surface area contributed by atoms with E-state index in [9.17, 15) is 47.9 Å². The van der Waals surface area contributed by atoms with Gasteiger partial charge in [-0.3, -0.25) is 47.9 Å². The number of carbonyl (C=O) groups is 10. The Morgan fingerprint density at radius 3 is 1.06 bits per heavy atom. The van der Waals surface area contributed by atoms with Crippen molar-refractivity contribution in [3.8, 4) is 23.0 Å². The Morgan fingerprint density at radius 2 is 0.701 bits per heavy atom. The normalized spacial score (nSPS) is 21.9. The molecule has 4 aliphatic heterocycles. The highest BCUT2D eigenvalue weighted by Gasteiger charge is 2.54. The minimum atomic E-state index is -1.51. The van der Waals surface area contributed by atoms with Crippen molar-refractivity contribution in [2.75, 3.05) is 26.4 Å². The molecule has 4 aliphatic rings. The van der Waals surface area contributed by atoms with E-state index in [-0.39, 0.29) is 18.0 Å². The van der Waals surface area contributed by atoms with Crippen LogP contribution >= 0.6 is 15.9 Å². The number of Topliss-reactive ketones (excluding diaryl/α,β-unsaturated/α-hetero) is 2. The van der Waals surface area contributed by atoms with E-state index in [0.29, 0.717) is 28.6 Å². The van der Waals surface area contributed by atoms with Crippen LogP contribution in [0, 0.1) is 0 Å². The summed E-state index contributed by atoms with van der Waals surface area (Å²) >= 11 is 3.18. The van der Waals surface area contributed by atoms with Crippen molar-refractivity contribution in [2.45, 2.75) is 127 Å². The predicted octanol–water partition coefficient (Wildman–Crippen LogP) is 7.64. The number of aliphatic hydroxyl groups excluding tert-OH is 1. The van der Waals surface area contributed by atoms with Crippen LogP contribution in [-0.4, -0.2) is 151 Å². The summed E-state index contributed by atoms with van der Waals surface area (Å²) in [7, 11) is 0. The molecule has 97 heavy (non-hydrogen) atoms. The molecule has 0 spiro atoms. The number of ketones is 2. The highest BCUT2D eigenvalue weighted by atomic mass is 79.9. The first kappa shape index (κ1) is 72.8. The standard InChI is InChI=1S/C35H34O13.C21H16O4.C14H19BrO9/c1-20(36)41-19-30-31(43-21(2)37)32(44-22(3)38)33(45-23(4)39)34(46-30)42-18-27(40)24-15-16-28-29(17-24)48-35(47-28,25-11-7-5-8-12-25)26-13-9-6-10-14-26;22-14-18(23)15-11-12-19-20(13-15)25-21(24-19,16-7-3-1-4-8-16)17-9-5-2-6-10-17;1-6(16)20-5-10-11(21-7(2)17)12(22-8(3)18)13(14(15)24-10)23-9(4)19/h5-17,30-34H,18-19H2,1-4H3;1-13,22H,14H2;10-14H,5H2,1-4H3. The van der Waals surface area contributed by atoms with Gasteiger partial charge in [0.25, 0.3) is 0 Å². The number of hydrogen-bond acceptors (Lipinski definition) is 26. The maximum absolute atomic E-state index is 13.5. The van der Waals surface area contributed by atoms with Gasteiger partial charge in [0.2, 0.25) is 0 Å². The molecule has 0 saturated carbocycles. The summed E-state index contributed by atoms with van der Waals surface area (Å²) in [5, 5.41) is 8.21. The second kappa shape index (κ2) is 33.1. The Balaban J connectivity index is 0.000000206. The molecular formula is C70H69BrO26. The van der Waals surface area contributed by atoms with E-state index in [4.69, 9.17) is 76.2 Å². The molecule has 0 aliphatic carbocycles. The molecule has 1 N–H and O–H groups in total. The van der Waals surface area contributed by atoms with Crippen LogP contribution in [0.1, 0.15) is 98.4 Å². The van der Waals surface area contributed by atoms with Gasteiger partial charge in [0.1, 0.15) is 38.6 Å². The Bertz CT molecular complexity index is 3710. The molecular weight excluding hydrogens is 1340 g/mol. The number of hydrogen-bond donors (Lipinski definition) is 1. The van der Waals surface area contributed by atoms with E-state index in [2.05, 4.69) is 15.9 Å². The molecule has 10 unspecified atom stereocenters. The number of benzene rings is 6. The van der Waals surface area contributed by atoms with E-state index in [1.54, 1.807) is 30.3 Å². The molecule has 26 nitrogen and oxygen atoms in total. The number of fused-ring (bicyclic) bond motifs is 2. The molecule has 0 amide bonds. The van der Waals surface area contributed by atoms with Crippen molar-refractivity contribution < 1.29 is 124 Å². The average Bonchev–Trinajstić information content (AvgIpc) is 1.58. The lowest BCUT2D eigenvalue weighted by Gasteiger charge is -2.43. The maximum atomic E-state index is 13.5. The van der Waals surface area contributed by atoms with Crippen LogP contribution in [0.25, 0.3) is 0 Å². The fourth-order valence-corrected chi connectivity index (χ4v) is 11.3. The Morgan fingerprint density at radius 1 is 0.381 bits per heavy atom. The quantitative estimate of drug-likeness (QED) is 0.0332. The SMILES string of the molecule is CC(=O)OCC1OC(Br)C(OC(C)=O)C(OC(C)=O)C1OC(C)=O.CC(=O)OCC1OC(OCC(=O)c2ccc3c(c2)OC(c2ccccc2)(c2ccccc2)O3)C(OC(C)=O)C(OC(C)=O)C1OC(C)=O.O=C(CO)c1ccc2c(c1)OC(c1ccccc1)(c1ccccc1)O2. The minimum absolute atomic E-state index is 0.208. The Hall–Kier alpha value is -10.1. The number of rotatable bonds is 20. The van der Waals surface area contributed by atoms with E-state index in [1.807, 2.05) is 121 Å². The number of alkyl halides is 1. The number of halogens is 1. The zero-order valence-corrected chi connectivity index (χ0v) is 55.2. The number of carbonyl (C=O) groups excluding carboxylic acids is 10. The van der Waals surface area contributed by atoms with Gasteiger partial charge < -0.3 is 76.2 Å². The van der Waals surface area contributed by atoms with Crippen LogP contribution in [0.2, 0.25) is 0 Å². The van der Waals surface area contributed by atoms with Gasteiger partial charge in [0, 0.05) is 88.8 Å². The fraction of sp³-hybridized carbons (Fsp3) is 0.343. The molecule has 6 aromatic rings. The smallest absolute Gasteiger partial charge is 0.305 e. The summed E-state index contributed by atoms with van der Waals surface area (Å²) < 4.78 is 84.2. The van der Waals surface area contributed by atoms with Gasteiger partial charge in [0.15, 0.2) is 82.5 Å². The molecule has 6 aromatic carbocycles. The molecule has 4 heterocycles. The van der Waals surface area contributed by atoms with Crippen LogP contribution in [0.3, 0.4) is 0 Å². The van der Waals surface area contributed by atoms with Crippen LogP contribution in [0.15, 0.2) is 158 Å². The monoisotopic (exact) mass is 1400 g/mol. The topological polar surface area (TPSA) is 329 Å². The molecule has 2 fully saturated rings. The molecule has 10 atom stereocenters. The zero-order valence-electron chi connectivity index (χ0n) is 53.6. The summed E-state index contributed by atoms with van der Waals surface area (Å²) in [6.07, 6.45) is -11.2. The molecule has 10 rings (SSSR count). The molecule has 0 bridgehead atoms. The van der Waals surface area contributed by atoms with E-state index in [1.165, 1.54) is 19.9 Å². The minimum Gasteiger partial charge on any atom is -0.463 e. The van der Waals surface area contributed by atoms with Crippen molar-refractivity contribution in [1.29, 1.82) is 0 Å². The van der Waals surface area contributed by atoms with Crippen molar-refractivity contribution in [3.63, 3.8) is 0 Å².